The van der Waals surface area contributed by atoms with Gasteiger partial charge in [-0.25, -0.2) is 0 Å². The van der Waals surface area contributed by atoms with Crippen LogP contribution in [-0.2, 0) is 38.3 Å². The predicted octanol–water partition coefficient (Wildman–Crippen LogP) is 20.9. The van der Waals surface area contributed by atoms with E-state index in [1.165, 1.54) is 112 Å². The molecule has 0 unspecified atom stereocenters. The summed E-state index contributed by atoms with van der Waals surface area (Å²) >= 11 is 3.80. The van der Waals surface area contributed by atoms with Crippen LogP contribution in [0.3, 0.4) is 0 Å². The molecular formula is C74H112Mo2N6. The van der Waals surface area contributed by atoms with Gasteiger partial charge in [0.05, 0.1) is 0 Å². The molecule has 0 atom stereocenters. The van der Waals surface area contributed by atoms with E-state index in [9.17, 15) is 0 Å². The van der Waals surface area contributed by atoms with Crippen molar-refractivity contribution in [2.75, 3.05) is 31.9 Å². The number of hydrogen-bond donors (Lipinski definition) is 6. The van der Waals surface area contributed by atoms with Gasteiger partial charge in [-0.2, -0.15) is 0 Å². The Labute approximate surface area is 525 Å². The molecule has 0 aliphatic rings. The molecule has 6 nitrogen and oxygen atoms in total. The van der Waals surface area contributed by atoms with E-state index < -0.39 is 0 Å². The van der Waals surface area contributed by atoms with Crippen molar-refractivity contribution >= 4 is 34.1 Å². The van der Waals surface area contributed by atoms with Gasteiger partial charge >= 0.3 is 84.5 Å². The van der Waals surface area contributed by atoms with Crippen LogP contribution in [0, 0.1) is 91.5 Å². The molecule has 0 aromatic heterocycles. The third-order valence-electron chi connectivity index (χ3n) is 11.4. The Kier molecular flexibility index (Phi) is 39.1. The summed E-state index contributed by atoms with van der Waals surface area (Å²) in [5.74, 6) is 0. The van der Waals surface area contributed by atoms with Gasteiger partial charge in [0.2, 0.25) is 0 Å². The monoisotopic (exact) mass is 1280 g/mol. The Morgan fingerprint density at radius 1 is 0.256 bits per heavy atom. The van der Waals surface area contributed by atoms with Crippen LogP contribution in [0.4, 0.5) is 34.1 Å². The van der Waals surface area contributed by atoms with Crippen LogP contribution in [0.5, 0.6) is 0 Å². The van der Waals surface area contributed by atoms with Crippen molar-refractivity contribution in [2.24, 2.45) is 0 Å². The molecule has 0 saturated heterocycles. The van der Waals surface area contributed by atoms with Crippen molar-refractivity contribution in [3.05, 3.63) is 187 Å². The van der Waals surface area contributed by atoms with Gasteiger partial charge in [-0.3, -0.25) is 0 Å². The standard InChI is InChI=1S/6C11H17N.C8H10.2Mo/c6*1-8(2)12-11-6-9(3)5-10(4)7-11;1-5-7(3)8(4)6-2;;/h6*5-8,12H,1-4H3;5-6H2,1-2H3;;/b;;;;;;8-7+;;. The van der Waals surface area contributed by atoms with E-state index in [-0.39, 0.29) is 0 Å². The van der Waals surface area contributed by atoms with Gasteiger partial charge in [0.1, 0.15) is 0 Å². The Balaban J connectivity index is 0.000000934. The molecule has 6 aromatic rings. The fourth-order valence-electron chi connectivity index (χ4n) is 9.04. The number of aryl methyl sites for hydroxylation is 12. The molecule has 450 valence electrons. The van der Waals surface area contributed by atoms with E-state index in [0.29, 0.717) is 36.3 Å². The van der Waals surface area contributed by atoms with Gasteiger partial charge in [0.25, 0.3) is 0 Å². The summed E-state index contributed by atoms with van der Waals surface area (Å²) in [5, 5.41) is 20.3. The Bertz CT molecular complexity index is 2320. The zero-order chi connectivity index (χ0) is 62.8. The summed E-state index contributed by atoms with van der Waals surface area (Å²) in [5.41, 5.74) is 25.8. The van der Waals surface area contributed by atoms with Crippen molar-refractivity contribution in [3.63, 3.8) is 0 Å². The molecule has 0 amide bonds. The van der Waals surface area contributed by atoms with Gasteiger partial charge in [0.15, 0.2) is 0 Å². The quantitative estimate of drug-likeness (QED) is 0.0611. The third-order valence-corrected chi connectivity index (χ3v) is 12.6. The van der Waals surface area contributed by atoms with Crippen LogP contribution in [0.25, 0.3) is 0 Å². The molecule has 0 saturated carbocycles. The number of hydrogen-bond acceptors (Lipinski definition) is 6. The van der Waals surface area contributed by atoms with Crippen LogP contribution in [0.2, 0.25) is 0 Å². The SMILES string of the molecule is CC/C([C]#[Mo])=C(\[C]#[Mo])CC.Cc1cc(C)cc(NC(C)C)c1.Cc1cc(C)cc(NC(C)C)c1.Cc1cc(C)cc(NC(C)C)c1.Cc1cc(C)cc(NC(C)C)c1.Cc1cc(C)cc(NC(C)C)c1.Cc1cc(C)cc(NC(C)C)c1. The molecule has 0 aliphatic heterocycles. The second-order valence-electron chi connectivity index (χ2n) is 23.9. The van der Waals surface area contributed by atoms with E-state index in [1.54, 1.807) is 0 Å². The molecule has 6 rings (SSSR count). The zero-order valence-corrected chi connectivity index (χ0v) is 60.1. The first kappa shape index (κ1) is 76.8. The molecule has 6 N–H and O–H groups in total. The minimum atomic E-state index is 0.506. The first-order chi connectivity index (χ1) is 38.2. The average Bonchev–Trinajstić information content (AvgIpc) is 3.29. The largest absolute Gasteiger partial charge is 0.383 e. The van der Waals surface area contributed by atoms with E-state index in [0.717, 1.165) is 12.8 Å². The molecule has 82 heavy (non-hydrogen) atoms. The summed E-state index contributed by atoms with van der Waals surface area (Å²) in [7, 11) is 0. The van der Waals surface area contributed by atoms with Gasteiger partial charge in [-0.1, -0.05) is 36.4 Å². The summed E-state index contributed by atoms with van der Waals surface area (Å²) in [6, 6.07) is 42.2. The summed E-state index contributed by atoms with van der Waals surface area (Å²) in [6.07, 6.45) is 2.15. The normalized spacial score (nSPS) is 10.5. The first-order valence-electron chi connectivity index (χ1n) is 29.8. The maximum Gasteiger partial charge on any atom is 0.0347 e. The number of rotatable bonds is 14. The summed E-state index contributed by atoms with van der Waals surface area (Å²) < 4.78 is 6.36. The molecule has 0 bridgehead atoms. The third kappa shape index (κ3) is 38.5. The van der Waals surface area contributed by atoms with Crippen LogP contribution >= 0.6 is 0 Å². The topological polar surface area (TPSA) is 72.2 Å². The van der Waals surface area contributed by atoms with Gasteiger partial charge in [-0.05, 0) is 306 Å². The van der Waals surface area contributed by atoms with Crippen LogP contribution < -0.4 is 31.9 Å². The predicted molar refractivity (Wildman–Crippen MR) is 363 cm³/mol. The van der Waals surface area contributed by atoms with E-state index in [2.05, 4.69) is 330 Å². The average molecular weight is 1280 g/mol. The molecule has 0 fully saturated rings. The number of benzene rings is 6. The molecular weight excluding hydrogens is 1160 g/mol. The van der Waals surface area contributed by atoms with Gasteiger partial charge < -0.3 is 31.9 Å². The number of nitrogens with one attached hydrogen (secondary N) is 6. The van der Waals surface area contributed by atoms with Crippen molar-refractivity contribution in [1.82, 2.24) is 0 Å². The Morgan fingerprint density at radius 3 is 0.439 bits per heavy atom. The van der Waals surface area contributed by atoms with Crippen LogP contribution in [0.15, 0.2) is 120 Å². The maximum absolute atomic E-state index is 3.39. The van der Waals surface area contributed by atoms with Crippen molar-refractivity contribution < 1.29 is 38.3 Å². The molecule has 6 aromatic carbocycles. The fourth-order valence-corrected chi connectivity index (χ4v) is 10.4. The first-order valence-corrected chi connectivity index (χ1v) is 31.8. The van der Waals surface area contributed by atoms with E-state index >= 15 is 0 Å². The molecule has 8 heteroatoms. The Morgan fingerprint density at radius 2 is 0.366 bits per heavy atom. The van der Waals surface area contributed by atoms with Gasteiger partial charge in [-0.15, -0.1) is 0 Å². The maximum atomic E-state index is 3.39. The minimum Gasteiger partial charge on any atom is -0.383 e. The summed E-state index contributed by atoms with van der Waals surface area (Å²) in [6.45, 7) is 55.6. The van der Waals surface area contributed by atoms with Crippen molar-refractivity contribution in [2.45, 2.75) is 229 Å². The number of anilines is 6. The minimum absolute atomic E-state index is 0.506. The van der Waals surface area contributed by atoms with Crippen molar-refractivity contribution in [3.8, 4) is 8.40 Å². The zero-order valence-electron chi connectivity index (χ0n) is 56.1. The van der Waals surface area contributed by atoms with E-state index in [4.69, 9.17) is 0 Å². The van der Waals surface area contributed by atoms with Gasteiger partial charge in [0, 0.05) is 70.4 Å². The molecule has 0 radical (unpaired) electrons. The molecule has 0 spiro atoms. The second kappa shape index (κ2) is 41.7. The smallest absolute Gasteiger partial charge is 0.0347 e. The molecule has 0 heterocycles. The van der Waals surface area contributed by atoms with Crippen LogP contribution in [-0.4, -0.2) is 36.3 Å². The second-order valence-corrected chi connectivity index (χ2v) is 24.9. The van der Waals surface area contributed by atoms with Crippen molar-refractivity contribution in [1.29, 1.82) is 0 Å². The fraction of sp³-hybridized carbons (Fsp3) is 0.459. The molecule has 0 aliphatic carbocycles. The van der Waals surface area contributed by atoms with Crippen LogP contribution in [0.1, 0.15) is 177 Å². The number of allylic oxidation sites excluding steroid dienone is 2. The van der Waals surface area contributed by atoms with E-state index in [1.807, 2.05) is 38.3 Å². The summed E-state index contributed by atoms with van der Waals surface area (Å²) in [4.78, 5) is 0. The Hall–Kier alpha value is -5.20.